The Morgan fingerprint density at radius 1 is 1.33 bits per heavy atom. The van der Waals surface area contributed by atoms with E-state index in [-0.39, 0.29) is 11.9 Å². The summed E-state index contributed by atoms with van der Waals surface area (Å²) in [7, 11) is 0. The molecule has 1 aromatic carbocycles. The summed E-state index contributed by atoms with van der Waals surface area (Å²) in [6.07, 6.45) is 3.27. The van der Waals surface area contributed by atoms with Gasteiger partial charge in [0.25, 0.3) is 0 Å². The molecule has 0 bridgehead atoms. The number of nitrogens with zero attached hydrogens (tertiary/aromatic N) is 3. The normalized spacial score (nSPS) is 12.6. The lowest BCUT2D eigenvalue weighted by molar-refractivity contribution is 0.493. The Morgan fingerprint density at radius 3 is 2.81 bits per heavy atom. The van der Waals surface area contributed by atoms with Gasteiger partial charge >= 0.3 is 0 Å². The van der Waals surface area contributed by atoms with Gasteiger partial charge in [-0.3, -0.25) is 4.68 Å². The van der Waals surface area contributed by atoms with Gasteiger partial charge in [0.15, 0.2) is 0 Å². The Kier molecular flexibility index (Phi) is 5.87. The topological polar surface area (TPSA) is 42.7 Å². The van der Waals surface area contributed by atoms with Crippen LogP contribution in [-0.2, 0) is 13.0 Å². The van der Waals surface area contributed by atoms with Crippen molar-refractivity contribution in [3.05, 3.63) is 46.2 Å². The highest BCUT2D eigenvalue weighted by Crippen LogP contribution is 2.23. The van der Waals surface area contributed by atoms with E-state index in [4.69, 9.17) is 0 Å². The van der Waals surface area contributed by atoms with Crippen LogP contribution < -0.4 is 5.32 Å². The van der Waals surface area contributed by atoms with E-state index in [0.29, 0.717) is 6.42 Å². The molecule has 0 aliphatic heterocycles. The number of hydrogen-bond donors (Lipinski definition) is 1. The second-order valence-corrected chi connectivity index (χ2v) is 5.82. The number of aryl methyl sites for hydroxylation is 1. The molecule has 1 atom stereocenters. The zero-order valence-corrected chi connectivity index (χ0v) is 13.9. The van der Waals surface area contributed by atoms with Crippen LogP contribution in [0.15, 0.2) is 29.0 Å². The van der Waals surface area contributed by atoms with Crippen molar-refractivity contribution in [2.24, 2.45) is 0 Å². The third kappa shape index (κ3) is 4.35. The highest BCUT2D eigenvalue weighted by atomic mass is 79.9. The second-order valence-electron chi connectivity index (χ2n) is 4.91. The van der Waals surface area contributed by atoms with Gasteiger partial charge < -0.3 is 5.32 Å². The third-order valence-corrected chi connectivity index (χ3v) is 3.77. The number of benzene rings is 1. The van der Waals surface area contributed by atoms with Crippen LogP contribution in [0, 0.1) is 5.82 Å². The van der Waals surface area contributed by atoms with Crippen molar-refractivity contribution in [1.82, 2.24) is 20.1 Å². The van der Waals surface area contributed by atoms with E-state index >= 15 is 0 Å². The molecule has 4 nitrogen and oxygen atoms in total. The van der Waals surface area contributed by atoms with Gasteiger partial charge in [-0.25, -0.2) is 9.37 Å². The van der Waals surface area contributed by atoms with Crippen LogP contribution in [0.25, 0.3) is 0 Å². The van der Waals surface area contributed by atoms with Crippen LogP contribution in [0.4, 0.5) is 4.39 Å². The maximum atomic E-state index is 13.6. The summed E-state index contributed by atoms with van der Waals surface area (Å²) < 4.78 is 16.3. The summed E-state index contributed by atoms with van der Waals surface area (Å²) in [5.74, 6) is 0.672. The zero-order valence-electron chi connectivity index (χ0n) is 12.3. The Hall–Kier alpha value is -1.27. The minimum absolute atomic E-state index is 0.0199. The molecule has 0 aliphatic rings. The van der Waals surface area contributed by atoms with Crippen LogP contribution >= 0.6 is 15.9 Å². The molecule has 0 aliphatic carbocycles. The summed E-state index contributed by atoms with van der Waals surface area (Å²) in [6.45, 7) is 5.80. The van der Waals surface area contributed by atoms with Crippen molar-refractivity contribution in [2.45, 2.75) is 39.3 Å². The molecule has 21 heavy (non-hydrogen) atoms. The summed E-state index contributed by atoms with van der Waals surface area (Å²) in [5.41, 5.74) is 0.918. The van der Waals surface area contributed by atoms with Gasteiger partial charge in [-0.05, 0) is 43.7 Å². The van der Waals surface area contributed by atoms with Crippen molar-refractivity contribution < 1.29 is 4.39 Å². The molecule has 0 amide bonds. The van der Waals surface area contributed by atoms with E-state index in [1.165, 1.54) is 6.07 Å². The van der Waals surface area contributed by atoms with E-state index in [2.05, 4.69) is 38.3 Å². The quantitative estimate of drug-likeness (QED) is 0.827. The summed E-state index contributed by atoms with van der Waals surface area (Å²) in [6, 6.07) is 5.01. The molecular formula is C15H20BrFN4. The molecule has 0 radical (unpaired) electrons. The number of nitrogens with one attached hydrogen (secondary N) is 1. The van der Waals surface area contributed by atoms with Gasteiger partial charge in [0.05, 0.1) is 0 Å². The van der Waals surface area contributed by atoms with E-state index < -0.39 is 0 Å². The van der Waals surface area contributed by atoms with Gasteiger partial charge in [-0.15, -0.1) is 0 Å². The number of rotatable bonds is 7. The SMILES string of the molecule is CCCNC(Cc1ncnn1CC)c1cc(F)cc(Br)c1. The minimum Gasteiger partial charge on any atom is -0.310 e. The molecular weight excluding hydrogens is 335 g/mol. The summed E-state index contributed by atoms with van der Waals surface area (Å²) in [5, 5.41) is 7.65. The highest BCUT2D eigenvalue weighted by molar-refractivity contribution is 9.10. The highest BCUT2D eigenvalue weighted by Gasteiger charge is 2.16. The number of hydrogen-bond acceptors (Lipinski definition) is 3. The zero-order chi connectivity index (χ0) is 15.2. The van der Waals surface area contributed by atoms with Gasteiger partial charge in [-0.2, -0.15) is 5.10 Å². The van der Waals surface area contributed by atoms with Gasteiger partial charge in [0.2, 0.25) is 0 Å². The molecule has 0 fully saturated rings. The van der Waals surface area contributed by atoms with Crippen molar-refractivity contribution in [3.8, 4) is 0 Å². The average molecular weight is 355 g/mol. The van der Waals surface area contributed by atoms with Crippen LogP contribution in [-0.4, -0.2) is 21.3 Å². The first kappa shape index (κ1) is 16.1. The molecule has 2 rings (SSSR count). The van der Waals surface area contributed by atoms with Crippen molar-refractivity contribution >= 4 is 15.9 Å². The number of aromatic nitrogens is 3. The van der Waals surface area contributed by atoms with E-state index in [1.54, 1.807) is 12.4 Å². The molecule has 1 aromatic heterocycles. The molecule has 1 unspecified atom stereocenters. The lowest BCUT2D eigenvalue weighted by Crippen LogP contribution is -2.25. The Balaban J connectivity index is 2.25. The first-order valence-electron chi connectivity index (χ1n) is 7.20. The first-order chi connectivity index (χ1) is 10.1. The fraction of sp³-hybridized carbons (Fsp3) is 0.467. The predicted octanol–water partition coefficient (Wildman–Crippen LogP) is 3.48. The largest absolute Gasteiger partial charge is 0.310 e. The molecule has 0 saturated heterocycles. The average Bonchev–Trinajstić information content (AvgIpc) is 2.89. The first-order valence-corrected chi connectivity index (χ1v) is 7.99. The summed E-state index contributed by atoms with van der Waals surface area (Å²) in [4.78, 5) is 4.31. The second kappa shape index (κ2) is 7.66. The molecule has 1 heterocycles. The van der Waals surface area contributed by atoms with Crippen molar-refractivity contribution in [2.75, 3.05) is 6.54 Å². The third-order valence-electron chi connectivity index (χ3n) is 3.31. The van der Waals surface area contributed by atoms with E-state index in [0.717, 1.165) is 35.4 Å². The van der Waals surface area contributed by atoms with Gasteiger partial charge in [0.1, 0.15) is 18.0 Å². The van der Waals surface area contributed by atoms with Crippen molar-refractivity contribution in [3.63, 3.8) is 0 Å². The smallest absolute Gasteiger partial charge is 0.138 e. The van der Waals surface area contributed by atoms with Crippen LogP contribution in [0.5, 0.6) is 0 Å². The lowest BCUT2D eigenvalue weighted by atomic mass is 10.0. The fourth-order valence-corrected chi connectivity index (χ4v) is 2.78. The summed E-state index contributed by atoms with van der Waals surface area (Å²) >= 11 is 3.35. The predicted molar refractivity (Wildman–Crippen MR) is 84.5 cm³/mol. The van der Waals surface area contributed by atoms with E-state index in [9.17, 15) is 4.39 Å². The molecule has 6 heteroatoms. The molecule has 2 aromatic rings. The molecule has 0 saturated carbocycles. The molecule has 1 N–H and O–H groups in total. The molecule has 114 valence electrons. The molecule has 0 spiro atoms. The van der Waals surface area contributed by atoms with E-state index in [1.807, 2.05) is 17.7 Å². The van der Waals surface area contributed by atoms with Crippen LogP contribution in [0.1, 0.15) is 37.7 Å². The van der Waals surface area contributed by atoms with Crippen LogP contribution in [0.3, 0.4) is 0 Å². The maximum Gasteiger partial charge on any atom is 0.138 e. The Morgan fingerprint density at radius 2 is 2.14 bits per heavy atom. The number of halogens is 2. The lowest BCUT2D eigenvalue weighted by Gasteiger charge is -2.19. The minimum atomic E-state index is -0.236. The standard InChI is InChI=1S/C15H20BrFN4/c1-3-5-18-14(9-15-19-10-20-21(15)4-2)11-6-12(16)8-13(17)7-11/h6-8,10,14,18H,3-5,9H2,1-2H3. The van der Waals surface area contributed by atoms with Crippen molar-refractivity contribution in [1.29, 1.82) is 0 Å². The van der Waals surface area contributed by atoms with Gasteiger partial charge in [0, 0.05) is 23.5 Å². The maximum absolute atomic E-state index is 13.6. The Bertz CT molecular complexity index is 565. The Labute approximate surface area is 132 Å². The van der Waals surface area contributed by atoms with Gasteiger partial charge in [-0.1, -0.05) is 22.9 Å². The fourth-order valence-electron chi connectivity index (χ4n) is 2.30. The monoisotopic (exact) mass is 354 g/mol. The van der Waals surface area contributed by atoms with Crippen LogP contribution in [0.2, 0.25) is 0 Å².